The smallest absolute Gasteiger partial charge is 0.218 e. The van der Waals surface area contributed by atoms with Gasteiger partial charge >= 0.3 is 0 Å². The first-order valence-electron chi connectivity index (χ1n) is 5.75. The lowest BCUT2D eigenvalue weighted by molar-refractivity contribution is 0.358. The molecule has 2 N–H and O–H groups in total. The molecule has 0 atom stereocenters. The van der Waals surface area contributed by atoms with Crippen LogP contribution in [0.4, 0.5) is 5.69 Å². The van der Waals surface area contributed by atoms with E-state index in [-0.39, 0.29) is 5.75 Å². The van der Waals surface area contributed by atoms with E-state index in [4.69, 9.17) is 5.73 Å². The third-order valence-electron chi connectivity index (χ3n) is 2.73. The average molecular weight is 271 g/mol. The van der Waals surface area contributed by atoms with Gasteiger partial charge in [-0.05, 0) is 25.7 Å². The Morgan fingerprint density at radius 3 is 2.28 bits per heavy atom. The Labute approximate surface area is 109 Å². The van der Waals surface area contributed by atoms with Gasteiger partial charge in [-0.25, -0.2) is 12.7 Å². The average Bonchev–Trinajstić information content (AvgIpc) is 2.28. The first-order valence-corrected chi connectivity index (χ1v) is 7.36. The topological polar surface area (TPSA) is 66.6 Å². The Morgan fingerprint density at radius 2 is 1.72 bits per heavy atom. The fourth-order valence-corrected chi connectivity index (χ4v) is 2.69. The summed E-state index contributed by atoms with van der Waals surface area (Å²) >= 11 is 0. The summed E-state index contributed by atoms with van der Waals surface area (Å²) in [6.07, 6.45) is 0. The van der Waals surface area contributed by atoms with E-state index in [0.29, 0.717) is 24.3 Å². The Morgan fingerprint density at radius 1 is 1.11 bits per heavy atom. The summed E-state index contributed by atoms with van der Waals surface area (Å²) in [5.41, 5.74) is 6.92. The van der Waals surface area contributed by atoms with Gasteiger partial charge < -0.3 is 10.6 Å². The minimum atomic E-state index is -3.30. The van der Waals surface area contributed by atoms with Gasteiger partial charge in [-0.15, -0.1) is 0 Å². The van der Waals surface area contributed by atoms with Crippen molar-refractivity contribution in [3.8, 4) is 0 Å². The standard InChI is InChI=1S/C12H21N3O2S/c1-14(2)8-9-15(3)18(16,17)10-11-6-4-5-7-12(11)13/h4-7H,8-10,13H2,1-3H3. The molecule has 5 nitrogen and oxygen atoms in total. The second kappa shape index (κ2) is 6.17. The number of sulfonamides is 1. The van der Waals surface area contributed by atoms with Gasteiger partial charge in [-0.2, -0.15) is 0 Å². The molecule has 0 amide bonds. The highest BCUT2D eigenvalue weighted by atomic mass is 32.2. The van der Waals surface area contributed by atoms with E-state index in [1.54, 1.807) is 31.3 Å². The second-order valence-corrected chi connectivity index (χ2v) is 6.66. The number of hydrogen-bond acceptors (Lipinski definition) is 4. The van der Waals surface area contributed by atoms with Gasteiger partial charge in [0.05, 0.1) is 5.75 Å². The van der Waals surface area contributed by atoms with Gasteiger partial charge in [-0.1, -0.05) is 18.2 Å². The van der Waals surface area contributed by atoms with Crippen molar-refractivity contribution in [2.45, 2.75) is 5.75 Å². The molecule has 18 heavy (non-hydrogen) atoms. The van der Waals surface area contributed by atoms with Crippen molar-refractivity contribution in [1.82, 2.24) is 9.21 Å². The van der Waals surface area contributed by atoms with Crippen LogP contribution in [0.15, 0.2) is 24.3 Å². The predicted octanol–water partition coefficient (Wildman–Crippen LogP) is 0.592. The van der Waals surface area contributed by atoms with Crippen LogP contribution in [-0.2, 0) is 15.8 Å². The molecule has 1 aromatic carbocycles. The number of nitrogens with zero attached hydrogens (tertiary/aromatic N) is 2. The molecule has 0 bridgehead atoms. The maximum Gasteiger partial charge on any atom is 0.218 e. The van der Waals surface area contributed by atoms with Crippen LogP contribution in [0.1, 0.15) is 5.56 Å². The molecule has 0 fully saturated rings. The number of rotatable bonds is 6. The second-order valence-electron chi connectivity index (χ2n) is 4.58. The summed E-state index contributed by atoms with van der Waals surface area (Å²) < 4.78 is 25.6. The molecule has 0 saturated carbocycles. The Hall–Kier alpha value is -1.11. The largest absolute Gasteiger partial charge is 0.398 e. The van der Waals surface area contributed by atoms with Crippen LogP contribution in [-0.4, -0.2) is 51.9 Å². The summed E-state index contributed by atoms with van der Waals surface area (Å²) in [4.78, 5) is 1.95. The summed E-state index contributed by atoms with van der Waals surface area (Å²) in [5, 5.41) is 0. The third-order valence-corrected chi connectivity index (χ3v) is 4.54. The van der Waals surface area contributed by atoms with Crippen molar-refractivity contribution >= 4 is 15.7 Å². The van der Waals surface area contributed by atoms with Crippen LogP contribution >= 0.6 is 0 Å². The molecule has 1 aromatic rings. The zero-order valence-corrected chi connectivity index (χ0v) is 11.9. The van der Waals surface area contributed by atoms with Gasteiger partial charge in [-0.3, -0.25) is 0 Å². The molecule has 0 aliphatic carbocycles. The van der Waals surface area contributed by atoms with Gasteiger partial charge in [0, 0.05) is 25.8 Å². The molecule has 6 heteroatoms. The van der Waals surface area contributed by atoms with E-state index >= 15 is 0 Å². The minimum absolute atomic E-state index is 0.0520. The molecule has 1 rings (SSSR count). The molecular formula is C12H21N3O2S. The fourth-order valence-electron chi connectivity index (χ4n) is 1.45. The van der Waals surface area contributed by atoms with E-state index in [9.17, 15) is 8.42 Å². The maximum atomic E-state index is 12.1. The Balaban J connectivity index is 2.73. The molecular weight excluding hydrogens is 250 g/mol. The Bertz CT molecular complexity index is 486. The zero-order valence-electron chi connectivity index (χ0n) is 11.1. The van der Waals surface area contributed by atoms with Crippen molar-refractivity contribution in [3.05, 3.63) is 29.8 Å². The van der Waals surface area contributed by atoms with Gasteiger partial charge in [0.1, 0.15) is 0 Å². The highest BCUT2D eigenvalue weighted by molar-refractivity contribution is 7.88. The number of nitrogen functional groups attached to an aromatic ring is 1. The van der Waals surface area contributed by atoms with Gasteiger partial charge in [0.2, 0.25) is 10.0 Å². The van der Waals surface area contributed by atoms with Crippen LogP contribution in [0.3, 0.4) is 0 Å². The molecule has 0 radical (unpaired) electrons. The normalized spacial score (nSPS) is 12.3. The quantitative estimate of drug-likeness (QED) is 0.769. The van der Waals surface area contributed by atoms with E-state index in [1.165, 1.54) is 4.31 Å². The van der Waals surface area contributed by atoms with E-state index in [0.717, 1.165) is 0 Å². The summed E-state index contributed by atoms with van der Waals surface area (Å²) in [5.74, 6) is -0.0520. The SMILES string of the molecule is CN(C)CCN(C)S(=O)(=O)Cc1ccccc1N. The van der Waals surface area contributed by atoms with Crippen LogP contribution in [0.5, 0.6) is 0 Å². The van der Waals surface area contributed by atoms with Crippen molar-refractivity contribution < 1.29 is 8.42 Å². The third kappa shape index (κ3) is 4.29. The lowest BCUT2D eigenvalue weighted by atomic mass is 10.2. The van der Waals surface area contributed by atoms with Gasteiger partial charge in [0.25, 0.3) is 0 Å². The summed E-state index contributed by atoms with van der Waals surface area (Å²) in [7, 11) is 2.12. The minimum Gasteiger partial charge on any atom is -0.398 e. The molecule has 0 aliphatic heterocycles. The van der Waals surface area contributed by atoms with E-state index < -0.39 is 10.0 Å². The first-order chi connectivity index (χ1) is 8.33. The Kier molecular flexibility index (Phi) is 5.13. The van der Waals surface area contributed by atoms with Crippen molar-refractivity contribution in [2.75, 3.05) is 40.0 Å². The zero-order chi connectivity index (χ0) is 13.8. The van der Waals surface area contributed by atoms with Crippen LogP contribution in [0.25, 0.3) is 0 Å². The van der Waals surface area contributed by atoms with E-state index in [1.807, 2.05) is 19.0 Å². The summed E-state index contributed by atoms with van der Waals surface area (Å²) in [6.45, 7) is 1.17. The van der Waals surface area contributed by atoms with Gasteiger partial charge in [0.15, 0.2) is 0 Å². The first kappa shape index (κ1) is 14.9. The number of nitrogens with two attached hydrogens (primary N) is 1. The number of benzene rings is 1. The summed E-state index contributed by atoms with van der Waals surface area (Å²) in [6, 6.07) is 7.04. The molecule has 0 aliphatic rings. The molecule has 0 saturated heterocycles. The number of anilines is 1. The lowest BCUT2D eigenvalue weighted by Crippen LogP contribution is -2.34. The lowest BCUT2D eigenvalue weighted by Gasteiger charge is -2.19. The van der Waals surface area contributed by atoms with Crippen LogP contribution in [0, 0.1) is 0 Å². The molecule has 0 heterocycles. The maximum absolute atomic E-state index is 12.1. The number of likely N-dealkylation sites (N-methyl/N-ethyl adjacent to an activating group) is 2. The van der Waals surface area contributed by atoms with Crippen molar-refractivity contribution in [2.24, 2.45) is 0 Å². The highest BCUT2D eigenvalue weighted by Gasteiger charge is 2.19. The van der Waals surface area contributed by atoms with Crippen molar-refractivity contribution in [3.63, 3.8) is 0 Å². The monoisotopic (exact) mass is 271 g/mol. The molecule has 0 spiro atoms. The number of hydrogen-bond donors (Lipinski definition) is 1. The predicted molar refractivity (Wildman–Crippen MR) is 74.7 cm³/mol. The van der Waals surface area contributed by atoms with Crippen LogP contribution < -0.4 is 5.73 Å². The number of para-hydroxylation sites is 1. The molecule has 0 aromatic heterocycles. The van der Waals surface area contributed by atoms with Crippen LogP contribution in [0.2, 0.25) is 0 Å². The van der Waals surface area contributed by atoms with Crippen molar-refractivity contribution in [1.29, 1.82) is 0 Å². The molecule has 0 unspecified atom stereocenters. The fraction of sp³-hybridized carbons (Fsp3) is 0.500. The highest BCUT2D eigenvalue weighted by Crippen LogP contribution is 2.15. The molecule has 102 valence electrons. The van der Waals surface area contributed by atoms with E-state index in [2.05, 4.69) is 0 Å².